The van der Waals surface area contributed by atoms with Crippen molar-refractivity contribution < 1.29 is 4.79 Å². The number of ketones is 1. The average molecular weight is 467 g/mol. The third-order valence-electron chi connectivity index (χ3n) is 7.12. The number of carbonyl (C=O) groups excluding carboxylic acids is 1. The highest BCUT2D eigenvalue weighted by Crippen LogP contribution is 2.44. The van der Waals surface area contributed by atoms with Crippen LogP contribution in [0.4, 0.5) is 0 Å². The van der Waals surface area contributed by atoms with E-state index in [1.165, 1.54) is 22.3 Å². The lowest BCUT2D eigenvalue weighted by Crippen LogP contribution is -2.13. The summed E-state index contributed by atoms with van der Waals surface area (Å²) in [5.74, 6) is 0.133. The molecule has 3 heteroatoms. The van der Waals surface area contributed by atoms with Gasteiger partial charge in [-0.3, -0.25) is 4.79 Å². The molecule has 0 bridgehead atoms. The van der Waals surface area contributed by atoms with Gasteiger partial charge in [0.1, 0.15) is 0 Å². The van der Waals surface area contributed by atoms with Crippen LogP contribution in [0.2, 0.25) is 0 Å². The summed E-state index contributed by atoms with van der Waals surface area (Å²) in [6.07, 6.45) is 4.13. The molecule has 36 heavy (non-hydrogen) atoms. The fraction of sp³-hybridized carbons (Fsp3) is 0.0909. The van der Waals surface area contributed by atoms with Crippen LogP contribution in [0.25, 0.3) is 33.4 Å². The van der Waals surface area contributed by atoms with Crippen molar-refractivity contribution in [3.63, 3.8) is 0 Å². The number of hydrogen-bond donors (Lipinski definition) is 0. The van der Waals surface area contributed by atoms with E-state index >= 15 is 0 Å². The molecule has 6 rings (SSSR count). The zero-order chi connectivity index (χ0) is 24.5. The topological polar surface area (TPSA) is 34.9 Å². The van der Waals surface area contributed by atoms with Gasteiger partial charge in [-0.05, 0) is 45.9 Å². The molecule has 1 unspecified atom stereocenters. The number of fused-ring (bicyclic) bond motifs is 1. The molecule has 0 amide bonds. The van der Waals surface area contributed by atoms with E-state index in [4.69, 9.17) is 0 Å². The van der Waals surface area contributed by atoms with Gasteiger partial charge >= 0.3 is 0 Å². The Bertz CT molecular complexity index is 1540. The van der Waals surface area contributed by atoms with Crippen LogP contribution in [0.5, 0.6) is 0 Å². The molecule has 0 spiro atoms. The number of allylic oxidation sites excluding steroid dienone is 2. The molecule has 0 saturated heterocycles. The van der Waals surface area contributed by atoms with E-state index in [0.29, 0.717) is 6.42 Å². The summed E-state index contributed by atoms with van der Waals surface area (Å²) in [5, 5.41) is 0. The molecule has 5 aromatic rings. The minimum Gasteiger partial charge on any atom is -0.323 e. The van der Waals surface area contributed by atoms with Gasteiger partial charge in [0.05, 0.1) is 24.3 Å². The third kappa shape index (κ3) is 3.99. The van der Waals surface area contributed by atoms with Crippen LogP contribution in [0.1, 0.15) is 41.0 Å². The first kappa shape index (κ1) is 22.0. The zero-order valence-electron chi connectivity index (χ0n) is 20.1. The van der Waals surface area contributed by atoms with Crippen LogP contribution in [0.15, 0.2) is 122 Å². The van der Waals surface area contributed by atoms with Crippen molar-refractivity contribution in [1.82, 2.24) is 9.55 Å². The molecule has 1 aliphatic rings. The number of nitrogens with zero attached hydrogens (tertiary/aromatic N) is 2. The van der Waals surface area contributed by atoms with E-state index in [0.717, 1.165) is 27.9 Å². The van der Waals surface area contributed by atoms with Crippen molar-refractivity contribution in [2.75, 3.05) is 0 Å². The molecule has 0 fully saturated rings. The minimum atomic E-state index is -0.0531. The number of rotatable bonds is 6. The summed E-state index contributed by atoms with van der Waals surface area (Å²) in [4.78, 5) is 17.7. The largest absolute Gasteiger partial charge is 0.323 e. The third-order valence-corrected chi connectivity index (χ3v) is 7.12. The molecule has 174 valence electrons. The standard InChI is InChI=1S/C33H26N2O/c1-23-31-21-34-22-35(31)30(33(23)29-10-6-3-7-11-29)20-32(36)28-18-16-27(17-19-28)26-14-12-25(13-15-26)24-8-4-2-5-9-24/h2-19,21-22,30H,20H2,1H3. The van der Waals surface area contributed by atoms with Crippen LogP contribution in [-0.2, 0) is 0 Å². The van der Waals surface area contributed by atoms with Gasteiger partial charge in [-0.25, -0.2) is 4.98 Å². The van der Waals surface area contributed by atoms with E-state index in [-0.39, 0.29) is 11.8 Å². The maximum Gasteiger partial charge on any atom is 0.165 e. The van der Waals surface area contributed by atoms with Gasteiger partial charge in [-0.2, -0.15) is 0 Å². The molecule has 4 aromatic carbocycles. The lowest BCUT2D eigenvalue weighted by molar-refractivity contribution is 0.0972. The molecule has 1 atom stereocenters. The normalized spacial score (nSPS) is 14.6. The smallest absolute Gasteiger partial charge is 0.165 e. The summed E-state index contributed by atoms with van der Waals surface area (Å²) >= 11 is 0. The fourth-order valence-corrected chi connectivity index (χ4v) is 5.23. The Kier molecular flexibility index (Phi) is 5.67. The number of carbonyl (C=O) groups is 1. The van der Waals surface area contributed by atoms with Gasteiger partial charge in [0.2, 0.25) is 0 Å². The molecule has 0 saturated carbocycles. The Morgan fingerprint density at radius 3 is 1.78 bits per heavy atom. The Morgan fingerprint density at radius 1 is 0.694 bits per heavy atom. The molecule has 1 aromatic heterocycles. The van der Waals surface area contributed by atoms with Crippen LogP contribution in [-0.4, -0.2) is 15.3 Å². The van der Waals surface area contributed by atoms with E-state index < -0.39 is 0 Å². The number of hydrogen-bond acceptors (Lipinski definition) is 2. The van der Waals surface area contributed by atoms with Crippen molar-refractivity contribution in [2.45, 2.75) is 19.4 Å². The molecule has 0 N–H and O–H groups in total. The van der Waals surface area contributed by atoms with Crippen molar-refractivity contribution in [1.29, 1.82) is 0 Å². The van der Waals surface area contributed by atoms with E-state index in [1.54, 1.807) is 0 Å². The van der Waals surface area contributed by atoms with Gasteiger partial charge in [0.25, 0.3) is 0 Å². The Morgan fingerprint density at radius 2 is 1.19 bits per heavy atom. The second kappa shape index (κ2) is 9.27. The minimum absolute atomic E-state index is 0.0531. The molecular formula is C33H26N2O. The number of aromatic nitrogens is 2. The predicted molar refractivity (Wildman–Crippen MR) is 146 cm³/mol. The molecule has 0 radical (unpaired) electrons. The van der Waals surface area contributed by atoms with Gasteiger partial charge in [-0.1, -0.05) is 109 Å². The monoisotopic (exact) mass is 466 g/mol. The van der Waals surface area contributed by atoms with Crippen LogP contribution in [0, 0.1) is 0 Å². The highest BCUT2D eigenvalue weighted by atomic mass is 16.1. The number of imidazole rings is 1. The van der Waals surface area contributed by atoms with Crippen LogP contribution >= 0.6 is 0 Å². The molecule has 2 heterocycles. The van der Waals surface area contributed by atoms with E-state index in [2.05, 4.69) is 77.1 Å². The second-order valence-corrected chi connectivity index (χ2v) is 9.25. The predicted octanol–water partition coefficient (Wildman–Crippen LogP) is 7.98. The molecule has 1 aliphatic heterocycles. The summed E-state index contributed by atoms with van der Waals surface area (Å²) in [6, 6.07) is 37.2. The zero-order valence-corrected chi connectivity index (χ0v) is 20.1. The Labute approximate surface area is 211 Å². The number of benzene rings is 4. The van der Waals surface area contributed by atoms with Crippen molar-refractivity contribution in [3.8, 4) is 22.3 Å². The highest BCUT2D eigenvalue weighted by molar-refractivity contribution is 6.01. The maximum absolute atomic E-state index is 13.4. The SMILES string of the molecule is CC1=C(c2ccccc2)C(CC(=O)c2ccc(-c3ccc(-c4ccccc4)cc3)cc2)n2cncc21. The molecular weight excluding hydrogens is 440 g/mol. The summed E-state index contributed by atoms with van der Waals surface area (Å²) in [7, 11) is 0. The van der Waals surface area contributed by atoms with Crippen molar-refractivity contribution in [2.24, 2.45) is 0 Å². The quantitative estimate of drug-likeness (QED) is 0.238. The average Bonchev–Trinajstić information content (AvgIpc) is 3.52. The first-order valence-corrected chi connectivity index (χ1v) is 12.3. The molecule has 0 aliphatic carbocycles. The molecule has 3 nitrogen and oxygen atoms in total. The first-order valence-electron chi connectivity index (χ1n) is 12.3. The van der Waals surface area contributed by atoms with Crippen molar-refractivity contribution in [3.05, 3.63) is 139 Å². The Balaban J connectivity index is 1.22. The highest BCUT2D eigenvalue weighted by Gasteiger charge is 2.31. The van der Waals surface area contributed by atoms with Crippen LogP contribution < -0.4 is 0 Å². The summed E-state index contributed by atoms with van der Waals surface area (Å²) in [6.45, 7) is 2.12. The number of Topliss-reactive ketones (excluding diaryl/α,β-unsaturated/α-hetero) is 1. The van der Waals surface area contributed by atoms with Gasteiger partial charge in [0.15, 0.2) is 5.78 Å². The summed E-state index contributed by atoms with van der Waals surface area (Å²) in [5.41, 5.74) is 10.0. The summed E-state index contributed by atoms with van der Waals surface area (Å²) < 4.78 is 2.14. The van der Waals surface area contributed by atoms with E-state index in [9.17, 15) is 4.79 Å². The van der Waals surface area contributed by atoms with Gasteiger partial charge in [-0.15, -0.1) is 0 Å². The lowest BCUT2D eigenvalue weighted by Gasteiger charge is -2.18. The van der Waals surface area contributed by atoms with Crippen molar-refractivity contribution >= 4 is 16.9 Å². The van der Waals surface area contributed by atoms with E-state index in [1.807, 2.05) is 61.1 Å². The maximum atomic E-state index is 13.4. The fourth-order valence-electron chi connectivity index (χ4n) is 5.23. The van der Waals surface area contributed by atoms with Gasteiger partial charge in [0, 0.05) is 12.0 Å². The first-order chi connectivity index (χ1) is 17.7. The second-order valence-electron chi connectivity index (χ2n) is 9.25. The van der Waals surface area contributed by atoms with Crippen LogP contribution in [0.3, 0.4) is 0 Å². The Hall–Kier alpha value is -4.50. The lowest BCUT2D eigenvalue weighted by atomic mass is 9.91. The van der Waals surface area contributed by atoms with Gasteiger partial charge < -0.3 is 4.57 Å².